The van der Waals surface area contributed by atoms with Crippen LogP contribution < -0.4 is 11.1 Å². The summed E-state index contributed by atoms with van der Waals surface area (Å²) in [7, 11) is 0. The number of fused-ring (bicyclic) bond motifs is 1. The van der Waals surface area contributed by atoms with Gasteiger partial charge in [-0.2, -0.15) is 0 Å². The Morgan fingerprint density at radius 1 is 1.42 bits per heavy atom. The molecular formula is C15H17N5O3S. The van der Waals surface area contributed by atoms with Crippen molar-refractivity contribution in [2.24, 2.45) is 5.73 Å². The van der Waals surface area contributed by atoms with Gasteiger partial charge in [-0.1, -0.05) is 0 Å². The van der Waals surface area contributed by atoms with Crippen LogP contribution in [0.3, 0.4) is 0 Å². The standard InChI is InChI=1S/C15H17N5O3S/c16-14(21)10-7-9(20(22)23)8-18-15(10)17-6-5-13-19-11-3-1-2-4-12(11)24-13/h7-8H,1-6H2,(H2,16,21)(H,17,18). The fourth-order valence-corrected chi connectivity index (χ4v) is 3.84. The molecule has 24 heavy (non-hydrogen) atoms. The van der Waals surface area contributed by atoms with Crippen LogP contribution in [0.5, 0.6) is 0 Å². The van der Waals surface area contributed by atoms with Gasteiger partial charge in [-0.25, -0.2) is 9.97 Å². The van der Waals surface area contributed by atoms with E-state index in [-0.39, 0.29) is 17.1 Å². The van der Waals surface area contributed by atoms with Crippen LogP contribution in [0.15, 0.2) is 12.3 Å². The summed E-state index contributed by atoms with van der Waals surface area (Å²) >= 11 is 1.73. The highest BCUT2D eigenvalue weighted by molar-refractivity contribution is 7.11. The van der Waals surface area contributed by atoms with Crippen molar-refractivity contribution < 1.29 is 9.72 Å². The van der Waals surface area contributed by atoms with E-state index in [2.05, 4.69) is 15.3 Å². The number of nitrogens with two attached hydrogens (primary N) is 1. The molecule has 1 aliphatic carbocycles. The van der Waals surface area contributed by atoms with Crippen LogP contribution in [-0.4, -0.2) is 27.3 Å². The number of rotatable bonds is 6. The number of thiazole rings is 1. The second-order valence-corrected chi connectivity index (χ2v) is 6.74. The average Bonchev–Trinajstić information content (AvgIpc) is 2.97. The molecule has 0 fully saturated rings. The first-order chi connectivity index (χ1) is 11.5. The Hall–Kier alpha value is -2.55. The van der Waals surface area contributed by atoms with Crippen molar-refractivity contribution in [1.82, 2.24) is 9.97 Å². The molecule has 2 aromatic heterocycles. The van der Waals surface area contributed by atoms with Crippen LogP contribution in [0, 0.1) is 10.1 Å². The van der Waals surface area contributed by atoms with Gasteiger partial charge in [-0.3, -0.25) is 14.9 Å². The van der Waals surface area contributed by atoms with Crippen LogP contribution in [0.2, 0.25) is 0 Å². The molecule has 0 bridgehead atoms. The van der Waals surface area contributed by atoms with Gasteiger partial charge in [0, 0.05) is 23.9 Å². The molecule has 9 heteroatoms. The van der Waals surface area contributed by atoms with E-state index in [1.54, 1.807) is 11.3 Å². The maximum atomic E-state index is 11.5. The van der Waals surface area contributed by atoms with E-state index in [1.807, 2.05) is 0 Å². The highest BCUT2D eigenvalue weighted by Gasteiger charge is 2.17. The van der Waals surface area contributed by atoms with Gasteiger partial charge < -0.3 is 11.1 Å². The first kappa shape index (κ1) is 16.3. The van der Waals surface area contributed by atoms with Gasteiger partial charge in [0.25, 0.3) is 11.6 Å². The van der Waals surface area contributed by atoms with E-state index in [0.717, 1.165) is 30.1 Å². The summed E-state index contributed by atoms with van der Waals surface area (Å²) in [6.45, 7) is 0.525. The molecule has 0 spiro atoms. The van der Waals surface area contributed by atoms with Gasteiger partial charge in [-0.05, 0) is 25.7 Å². The molecule has 0 saturated carbocycles. The van der Waals surface area contributed by atoms with E-state index in [0.29, 0.717) is 13.0 Å². The monoisotopic (exact) mass is 347 g/mol. The number of nitrogens with zero attached hydrogens (tertiary/aromatic N) is 3. The zero-order chi connectivity index (χ0) is 17.1. The number of amides is 1. The first-order valence-electron chi connectivity index (χ1n) is 7.70. The zero-order valence-electron chi connectivity index (χ0n) is 12.9. The van der Waals surface area contributed by atoms with Crippen molar-refractivity contribution in [3.63, 3.8) is 0 Å². The number of hydrogen-bond acceptors (Lipinski definition) is 7. The highest BCUT2D eigenvalue weighted by atomic mass is 32.1. The Labute approximate surface area is 142 Å². The Balaban J connectivity index is 1.67. The van der Waals surface area contributed by atoms with Gasteiger partial charge in [0.1, 0.15) is 12.0 Å². The molecule has 8 nitrogen and oxygen atoms in total. The minimum absolute atomic E-state index is 0.0163. The Morgan fingerprint density at radius 2 is 2.21 bits per heavy atom. The molecular weight excluding hydrogens is 330 g/mol. The predicted octanol–water partition coefficient (Wildman–Crippen LogP) is 2.08. The number of anilines is 1. The molecule has 126 valence electrons. The van der Waals surface area contributed by atoms with Gasteiger partial charge in [-0.15, -0.1) is 11.3 Å². The highest BCUT2D eigenvalue weighted by Crippen LogP contribution is 2.27. The molecule has 1 amide bonds. The number of primary amides is 1. The van der Waals surface area contributed by atoms with Crippen LogP contribution >= 0.6 is 11.3 Å². The summed E-state index contributed by atoms with van der Waals surface area (Å²) in [4.78, 5) is 31.6. The molecule has 2 heterocycles. The quantitative estimate of drug-likeness (QED) is 0.609. The Morgan fingerprint density at radius 3 is 2.92 bits per heavy atom. The van der Waals surface area contributed by atoms with Crippen molar-refractivity contribution >= 4 is 28.7 Å². The topological polar surface area (TPSA) is 124 Å². The van der Waals surface area contributed by atoms with E-state index in [9.17, 15) is 14.9 Å². The third-order valence-electron chi connectivity index (χ3n) is 3.87. The molecule has 0 aliphatic heterocycles. The van der Waals surface area contributed by atoms with Crippen LogP contribution in [0.1, 0.15) is 38.8 Å². The Bertz CT molecular complexity index is 766. The van der Waals surface area contributed by atoms with Crippen molar-refractivity contribution in [2.75, 3.05) is 11.9 Å². The average molecular weight is 347 g/mol. The lowest BCUT2D eigenvalue weighted by atomic mass is 10.0. The SMILES string of the molecule is NC(=O)c1cc([N+](=O)[O-])cnc1NCCc1nc2c(s1)CCCC2. The summed E-state index contributed by atoms with van der Waals surface area (Å²) in [5.74, 6) is -0.493. The lowest BCUT2D eigenvalue weighted by molar-refractivity contribution is -0.385. The fourth-order valence-electron chi connectivity index (χ4n) is 2.68. The molecule has 3 rings (SSSR count). The number of carbonyl (C=O) groups is 1. The summed E-state index contributed by atoms with van der Waals surface area (Å²) in [5.41, 5.74) is 6.25. The third kappa shape index (κ3) is 3.51. The van der Waals surface area contributed by atoms with Gasteiger partial charge in [0.15, 0.2) is 0 Å². The lowest BCUT2D eigenvalue weighted by Crippen LogP contribution is -2.17. The number of carbonyl (C=O) groups excluding carboxylic acids is 1. The fraction of sp³-hybridized carbons (Fsp3) is 0.400. The minimum atomic E-state index is -0.751. The molecule has 1 aliphatic rings. The van der Waals surface area contributed by atoms with Gasteiger partial charge in [0.2, 0.25) is 0 Å². The lowest BCUT2D eigenvalue weighted by Gasteiger charge is -2.07. The third-order valence-corrected chi connectivity index (χ3v) is 5.09. The second-order valence-electron chi connectivity index (χ2n) is 5.57. The van der Waals surface area contributed by atoms with Crippen molar-refractivity contribution in [3.8, 4) is 0 Å². The van der Waals surface area contributed by atoms with Crippen molar-refractivity contribution in [3.05, 3.63) is 43.5 Å². The number of nitrogens with one attached hydrogen (secondary N) is 1. The summed E-state index contributed by atoms with van der Waals surface area (Å²) in [5, 5.41) is 14.8. The largest absolute Gasteiger partial charge is 0.369 e. The van der Waals surface area contributed by atoms with E-state index >= 15 is 0 Å². The number of hydrogen-bond donors (Lipinski definition) is 2. The summed E-state index contributed by atoms with van der Waals surface area (Å²) in [6, 6.07) is 1.14. The van der Waals surface area contributed by atoms with E-state index in [1.165, 1.54) is 23.4 Å². The number of aryl methyl sites for hydroxylation is 2. The Kier molecular flexibility index (Phi) is 4.70. The summed E-state index contributed by atoms with van der Waals surface area (Å²) < 4.78 is 0. The molecule has 2 aromatic rings. The van der Waals surface area contributed by atoms with Crippen LogP contribution in [0.4, 0.5) is 11.5 Å². The van der Waals surface area contributed by atoms with Gasteiger partial charge in [0.05, 0.1) is 21.2 Å². The maximum absolute atomic E-state index is 11.5. The zero-order valence-corrected chi connectivity index (χ0v) is 13.8. The van der Waals surface area contributed by atoms with Crippen molar-refractivity contribution in [2.45, 2.75) is 32.1 Å². The van der Waals surface area contributed by atoms with Gasteiger partial charge >= 0.3 is 0 Å². The van der Waals surface area contributed by atoms with E-state index in [4.69, 9.17) is 5.73 Å². The van der Waals surface area contributed by atoms with Crippen LogP contribution in [0.25, 0.3) is 0 Å². The number of nitro groups is 1. The first-order valence-corrected chi connectivity index (χ1v) is 8.52. The van der Waals surface area contributed by atoms with Crippen LogP contribution in [-0.2, 0) is 19.3 Å². The second kappa shape index (κ2) is 6.91. The smallest absolute Gasteiger partial charge is 0.288 e. The maximum Gasteiger partial charge on any atom is 0.288 e. The summed E-state index contributed by atoms with van der Waals surface area (Å²) in [6.07, 6.45) is 6.39. The number of pyridine rings is 1. The molecule has 0 atom stereocenters. The van der Waals surface area contributed by atoms with Crippen molar-refractivity contribution in [1.29, 1.82) is 0 Å². The molecule has 0 unspecified atom stereocenters. The number of aromatic nitrogens is 2. The molecule has 0 aromatic carbocycles. The predicted molar refractivity (Wildman–Crippen MR) is 90.4 cm³/mol. The normalized spacial score (nSPS) is 13.3. The van der Waals surface area contributed by atoms with E-state index < -0.39 is 10.8 Å². The molecule has 0 radical (unpaired) electrons. The molecule has 0 saturated heterocycles. The minimum Gasteiger partial charge on any atom is -0.369 e. The molecule has 3 N–H and O–H groups in total.